The molecule has 1 aliphatic carbocycles. The SMILES string of the molecule is NCCCC(=O)NOC1CCCC1. The molecule has 1 saturated carbocycles. The molecule has 0 aliphatic heterocycles. The lowest BCUT2D eigenvalue weighted by Gasteiger charge is -2.10. The molecule has 4 nitrogen and oxygen atoms in total. The summed E-state index contributed by atoms with van der Waals surface area (Å²) in [5.41, 5.74) is 7.74. The molecule has 0 atom stereocenters. The van der Waals surface area contributed by atoms with Crippen molar-refractivity contribution in [1.29, 1.82) is 0 Å². The topological polar surface area (TPSA) is 64.4 Å². The third-order valence-electron chi connectivity index (χ3n) is 2.25. The summed E-state index contributed by atoms with van der Waals surface area (Å²) in [4.78, 5) is 16.3. The number of nitrogens with two attached hydrogens (primary N) is 1. The lowest BCUT2D eigenvalue weighted by molar-refractivity contribution is -0.138. The summed E-state index contributed by atoms with van der Waals surface area (Å²) in [6, 6.07) is 0. The second-order valence-electron chi connectivity index (χ2n) is 3.44. The van der Waals surface area contributed by atoms with Gasteiger partial charge in [0.05, 0.1) is 6.10 Å². The number of nitrogens with one attached hydrogen (secondary N) is 1. The van der Waals surface area contributed by atoms with Crippen molar-refractivity contribution in [3.63, 3.8) is 0 Å². The van der Waals surface area contributed by atoms with Gasteiger partial charge in [-0.15, -0.1) is 0 Å². The Kier molecular flexibility index (Phi) is 4.78. The number of amides is 1. The van der Waals surface area contributed by atoms with Crippen molar-refractivity contribution < 1.29 is 9.63 Å². The number of rotatable bonds is 5. The molecule has 1 fully saturated rings. The molecule has 13 heavy (non-hydrogen) atoms. The summed E-state index contributed by atoms with van der Waals surface area (Å²) >= 11 is 0. The molecular formula is C9H18N2O2. The van der Waals surface area contributed by atoms with Crippen molar-refractivity contribution in [2.45, 2.75) is 44.6 Å². The Balaban J connectivity index is 2.00. The molecule has 0 saturated heterocycles. The van der Waals surface area contributed by atoms with E-state index in [1.807, 2.05) is 0 Å². The molecule has 0 unspecified atom stereocenters. The molecule has 0 aromatic rings. The predicted octanol–water partition coefficient (Wildman–Crippen LogP) is 0.716. The molecule has 0 spiro atoms. The Morgan fingerprint density at radius 3 is 2.77 bits per heavy atom. The molecule has 1 aliphatic rings. The normalized spacial score (nSPS) is 17.6. The molecule has 0 radical (unpaired) electrons. The number of carbonyl (C=O) groups excluding carboxylic acids is 1. The van der Waals surface area contributed by atoms with Gasteiger partial charge in [0.2, 0.25) is 5.91 Å². The van der Waals surface area contributed by atoms with E-state index in [1.165, 1.54) is 12.8 Å². The first kappa shape index (κ1) is 10.5. The fourth-order valence-electron chi connectivity index (χ4n) is 1.47. The van der Waals surface area contributed by atoms with Gasteiger partial charge in [-0.25, -0.2) is 5.48 Å². The van der Waals surface area contributed by atoms with Crippen LogP contribution in [-0.2, 0) is 9.63 Å². The van der Waals surface area contributed by atoms with E-state index < -0.39 is 0 Å². The Morgan fingerprint density at radius 2 is 2.15 bits per heavy atom. The first-order chi connectivity index (χ1) is 6.33. The third kappa shape index (κ3) is 4.24. The van der Waals surface area contributed by atoms with E-state index in [0.717, 1.165) is 19.3 Å². The van der Waals surface area contributed by atoms with Gasteiger partial charge in [-0.1, -0.05) is 12.8 Å². The van der Waals surface area contributed by atoms with Crippen LogP contribution in [0.25, 0.3) is 0 Å². The van der Waals surface area contributed by atoms with Crippen LogP contribution in [0.5, 0.6) is 0 Å². The van der Waals surface area contributed by atoms with Crippen molar-refractivity contribution in [2.24, 2.45) is 5.73 Å². The molecule has 0 aromatic heterocycles. The van der Waals surface area contributed by atoms with Gasteiger partial charge in [0.15, 0.2) is 0 Å². The van der Waals surface area contributed by atoms with Crippen LogP contribution in [0.4, 0.5) is 0 Å². The van der Waals surface area contributed by atoms with E-state index in [2.05, 4.69) is 5.48 Å². The fourth-order valence-corrected chi connectivity index (χ4v) is 1.47. The van der Waals surface area contributed by atoms with E-state index in [9.17, 15) is 4.79 Å². The van der Waals surface area contributed by atoms with E-state index in [1.54, 1.807) is 0 Å². The average molecular weight is 186 g/mol. The van der Waals surface area contributed by atoms with Gasteiger partial charge < -0.3 is 5.73 Å². The lowest BCUT2D eigenvalue weighted by Crippen LogP contribution is -2.28. The highest BCUT2D eigenvalue weighted by Gasteiger charge is 2.16. The first-order valence-electron chi connectivity index (χ1n) is 4.97. The number of carbonyl (C=O) groups is 1. The molecule has 0 heterocycles. The summed E-state index contributed by atoms with van der Waals surface area (Å²) < 4.78 is 0. The maximum atomic E-state index is 11.1. The average Bonchev–Trinajstić information content (AvgIpc) is 2.64. The maximum absolute atomic E-state index is 11.1. The van der Waals surface area contributed by atoms with Crippen molar-refractivity contribution >= 4 is 5.91 Å². The molecule has 0 aromatic carbocycles. The highest BCUT2D eigenvalue weighted by molar-refractivity contribution is 5.74. The van der Waals surface area contributed by atoms with Crippen LogP contribution in [-0.4, -0.2) is 18.6 Å². The van der Waals surface area contributed by atoms with Gasteiger partial charge in [-0.2, -0.15) is 0 Å². The van der Waals surface area contributed by atoms with Crippen LogP contribution in [0.2, 0.25) is 0 Å². The Morgan fingerprint density at radius 1 is 1.46 bits per heavy atom. The van der Waals surface area contributed by atoms with Gasteiger partial charge >= 0.3 is 0 Å². The summed E-state index contributed by atoms with van der Waals surface area (Å²) in [6.07, 6.45) is 5.98. The van der Waals surface area contributed by atoms with Crippen molar-refractivity contribution in [3.8, 4) is 0 Å². The van der Waals surface area contributed by atoms with Crippen LogP contribution in [0.3, 0.4) is 0 Å². The second kappa shape index (κ2) is 5.94. The minimum absolute atomic E-state index is 0.0580. The van der Waals surface area contributed by atoms with Crippen LogP contribution in [0.15, 0.2) is 0 Å². The van der Waals surface area contributed by atoms with Crippen molar-refractivity contribution in [2.75, 3.05) is 6.54 Å². The minimum atomic E-state index is -0.0580. The highest BCUT2D eigenvalue weighted by Crippen LogP contribution is 2.19. The largest absolute Gasteiger partial charge is 0.330 e. The molecule has 4 heteroatoms. The summed E-state index contributed by atoms with van der Waals surface area (Å²) in [6.45, 7) is 0.552. The van der Waals surface area contributed by atoms with Crippen molar-refractivity contribution in [3.05, 3.63) is 0 Å². The van der Waals surface area contributed by atoms with Crippen LogP contribution in [0.1, 0.15) is 38.5 Å². The van der Waals surface area contributed by atoms with Crippen molar-refractivity contribution in [1.82, 2.24) is 5.48 Å². The lowest BCUT2D eigenvalue weighted by atomic mass is 10.3. The zero-order valence-corrected chi connectivity index (χ0v) is 7.92. The van der Waals surface area contributed by atoms with E-state index in [0.29, 0.717) is 13.0 Å². The highest BCUT2D eigenvalue weighted by atomic mass is 16.7. The quantitative estimate of drug-likeness (QED) is 0.622. The zero-order chi connectivity index (χ0) is 9.52. The monoisotopic (exact) mass is 186 g/mol. The Labute approximate surface area is 78.8 Å². The smallest absolute Gasteiger partial charge is 0.243 e. The Hall–Kier alpha value is -0.610. The van der Waals surface area contributed by atoms with E-state index in [-0.39, 0.29) is 12.0 Å². The minimum Gasteiger partial charge on any atom is -0.330 e. The van der Waals surface area contributed by atoms with Gasteiger partial charge in [0, 0.05) is 6.42 Å². The van der Waals surface area contributed by atoms with Gasteiger partial charge in [-0.05, 0) is 25.8 Å². The molecule has 76 valence electrons. The molecule has 0 bridgehead atoms. The number of hydroxylamine groups is 1. The maximum Gasteiger partial charge on any atom is 0.243 e. The van der Waals surface area contributed by atoms with Crippen LogP contribution in [0, 0.1) is 0 Å². The Bertz CT molecular complexity index is 156. The molecule has 1 amide bonds. The molecule has 3 N–H and O–H groups in total. The van der Waals surface area contributed by atoms with Crippen LogP contribution < -0.4 is 11.2 Å². The first-order valence-corrected chi connectivity index (χ1v) is 4.97. The zero-order valence-electron chi connectivity index (χ0n) is 7.92. The van der Waals surface area contributed by atoms with E-state index in [4.69, 9.17) is 10.6 Å². The third-order valence-corrected chi connectivity index (χ3v) is 2.25. The predicted molar refractivity (Wildman–Crippen MR) is 49.8 cm³/mol. The van der Waals surface area contributed by atoms with Gasteiger partial charge in [0.25, 0.3) is 0 Å². The summed E-state index contributed by atoms with van der Waals surface area (Å²) in [5.74, 6) is -0.0580. The van der Waals surface area contributed by atoms with E-state index >= 15 is 0 Å². The number of hydrogen-bond donors (Lipinski definition) is 2. The van der Waals surface area contributed by atoms with Gasteiger partial charge in [0.1, 0.15) is 0 Å². The molecule has 1 rings (SSSR count). The van der Waals surface area contributed by atoms with Crippen LogP contribution >= 0.6 is 0 Å². The van der Waals surface area contributed by atoms with Gasteiger partial charge in [-0.3, -0.25) is 9.63 Å². The standard InChI is InChI=1S/C9H18N2O2/c10-7-3-6-9(12)11-13-8-4-1-2-5-8/h8H,1-7,10H2,(H,11,12). The summed E-state index contributed by atoms with van der Waals surface area (Å²) in [5, 5.41) is 0. The number of hydrogen-bond acceptors (Lipinski definition) is 3. The summed E-state index contributed by atoms with van der Waals surface area (Å²) in [7, 11) is 0. The molecular weight excluding hydrogens is 168 g/mol. The second-order valence-corrected chi connectivity index (χ2v) is 3.44. The fraction of sp³-hybridized carbons (Fsp3) is 0.889.